The maximum absolute atomic E-state index is 4.19. The summed E-state index contributed by atoms with van der Waals surface area (Å²) in [5.41, 5.74) is 1.96. The molecule has 0 aromatic carbocycles. The summed E-state index contributed by atoms with van der Waals surface area (Å²) in [6.45, 7) is 1.60. The molecule has 0 aliphatic carbocycles. The van der Waals surface area contributed by atoms with E-state index in [-0.39, 0.29) is 0 Å². The van der Waals surface area contributed by atoms with Gasteiger partial charge >= 0.3 is 0 Å². The molecule has 0 aliphatic heterocycles. The third-order valence-electron chi connectivity index (χ3n) is 2.85. The van der Waals surface area contributed by atoms with Crippen LogP contribution in [0.3, 0.4) is 0 Å². The number of nitrogens with one attached hydrogen (secondary N) is 1. The summed E-state index contributed by atoms with van der Waals surface area (Å²) in [7, 11) is 0. The van der Waals surface area contributed by atoms with Crippen LogP contribution in [0.4, 0.5) is 0 Å². The van der Waals surface area contributed by atoms with E-state index in [9.17, 15) is 0 Å². The maximum Gasteiger partial charge on any atom is 0.160 e. The fourth-order valence-corrected chi connectivity index (χ4v) is 1.92. The second kappa shape index (κ2) is 5.53. The van der Waals surface area contributed by atoms with Crippen LogP contribution in [-0.2, 0) is 13.0 Å². The van der Waals surface area contributed by atoms with Crippen molar-refractivity contribution in [1.82, 2.24) is 29.9 Å². The van der Waals surface area contributed by atoms with Crippen LogP contribution in [0.15, 0.2) is 43.1 Å². The summed E-state index contributed by atoms with van der Waals surface area (Å²) in [5.74, 6) is 0.965. The minimum atomic E-state index is 0.761. The first-order valence-corrected chi connectivity index (χ1v) is 6.17. The molecule has 6 heteroatoms. The standard InChI is InChI=1S/C13H14N6/c1-2-6-19-12(3-1)17-18-13(19)4-5-14-7-11-8-15-10-16-9-11/h1-3,6,8-10,14H,4-5,7H2. The molecule has 6 nitrogen and oxygen atoms in total. The van der Waals surface area contributed by atoms with Gasteiger partial charge in [-0.15, -0.1) is 10.2 Å². The predicted octanol–water partition coefficient (Wildman–Crippen LogP) is 0.852. The van der Waals surface area contributed by atoms with Gasteiger partial charge in [-0.25, -0.2) is 9.97 Å². The molecule has 3 aromatic rings. The number of aromatic nitrogens is 5. The van der Waals surface area contributed by atoms with Crippen LogP contribution in [0, 0.1) is 0 Å². The van der Waals surface area contributed by atoms with Crippen LogP contribution in [0.2, 0.25) is 0 Å². The Hall–Kier alpha value is -2.34. The van der Waals surface area contributed by atoms with Gasteiger partial charge in [-0.05, 0) is 12.1 Å². The lowest BCUT2D eigenvalue weighted by Crippen LogP contribution is -2.18. The molecular formula is C13H14N6. The highest BCUT2D eigenvalue weighted by molar-refractivity contribution is 5.36. The van der Waals surface area contributed by atoms with Crippen molar-refractivity contribution in [3.63, 3.8) is 0 Å². The monoisotopic (exact) mass is 254 g/mol. The summed E-state index contributed by atoms with van der Waals surface area (Å²) in [6, 6.07) is 5.89. The SMILES string of the molecule is c1ccn2c(CCNCc3cncnc3)nnc2c1. The molecule has 0 atom stereocenters. The molecule has 0 aliphatic rings. The second-order valence-corrected chi connectivity index (χ2v) is 4.22. The van der Waals surface area contributed by atoms with E-state index in [4.69, 9.17) is 0 Å². The molecule has 3 heterocycles. The second-order valence-electron chi connectivity index (χ2n) is 4.22. The molecule has 0 unspecified atom stereocenters. The average molecular weight is 254 g/mol. The summed E-state index contributed by atoms with van der Waals surface area (Å²) >= 11 is 0. The fraction of sp³-hybridized carbons (Fsp3) is 0.231. The number of pyridine rings is 1. The van der Waals surface area contributed by atoms with Crippen molar-refractivity contribution in [3.05, 3.63) is 54.5 Å². The minimum absolute atomic E-state index is 0.761. The van der Waals surface area contributed by atoms with E-state index in [1.165, 1.54) is 6.33 Å². The lowest BCUT2D eigenvalue weighted by atomic mass is 10.3. The van der Waals surface area contributed by atoms with Gasteiger partial charge in [0.25, 0.3) is 0 Å². The van der Waals surface area contributed by atoms with Crippen molar-refractivity contribution in [2.45, 2.75) is 13.0 Å². The van der Waals surface area contributed by atoms with Crippen molar-refractivity contribution in [3.8, 4) is 0 Å². The van der Waals surface area contributed by atoms with Crippen LogP contribution in [0.5, 0.6) is 0 Å². The third-order valence-corrected chi connectivity index (χ3v) is 2.85. The summed E-state index contributed by atoms with van der Waals surface area (Å²) in [6.07, 6.45) is 7.97. The Morgan fingerprint density at radius 1 is 1.11 bits per heavy atom. The molecule has 0 amide bonds. The van der Waals surface area contributed by atoms with Crippen molar-refractivity contribution >= 4 is 5.65 Å². The first-order chi connectivity index (χ1) is 9.43. The third kappa shape index (κ3) is 2.74. The van der Waals surface area contributed by atoms with Gasteiger partial charge in [-0.2, -0.15) is 0 Å². The Balaban J connectivity index is 1.55. The van der Waals surface area contributed by atoms with Crippen molar-refractivity contribution in [2.24, 2.45) is 0 Å². The minimum Gasteiger partial charge on any atom is -0.312 e. The Labute approximate surface area is 110 Å². The number of hydrogen-bond donors (Lipinski definition) is 1. The van der Waals surface area contributed by atoms with Crippen LogP contribution < -0.4 is 5.32 Å². The molecule has 19 heavy (non-hydrogen) atoms. The number of fused-ring (bicyclic) bond motifs is 1. The summed E-state index contributed by atoms with van der Waals surface area (Å²) < 4.78 is 2.01. The molecule has 0 fully saturated rings. The van der Waals surface area contributed by atoms with Crippen molar-refractivity contribution in [1.29, 1.82) is 0 Å². The molecule has 0 saturated heterocycles. The first kappa shape index (κ1) is 11.7. The number of rotatable bonds is 5. The van der Waals surface area contributed by atoms with E-state index >= 15 is 0 Å². The van der Waals surface area contributed by atoms with Gasteiger partial charge in [0.05, 0.1) is 0 Å². The zero-order chi connectivity index (χ0) is 12.9. The first-order valence-electron chi connectivity index (χ1n) is 6.17. The quantitative estimate of drug-likeness (QED) is 0.684. The Bertz CT molecular complexity index is 648. The largest absolute Gasteiger partial charge is 0.312 e. The molecule has 0 bridgehead atoms. The smallest absolute Gasteiger partial charge is 0.160 e. The van der Waals surface area contributed by atoms with Crippen LogP contribution >= 0.6 is 0 Å². The molecule has 0 saturated carbocycles. The topological polar surface area (TPSA) is 68.0 Å². The molecule has 0 radical (unpaired) electrons. The van der Waals surface area contributed by atoms with Gasteiger partial charge in [-0.1, -0.05) is 6.07 Å². The van der Waals surface area contributed by atoms with E-state index in [1.807, 2.05) is 41.2 Å². The van der Waals surface area contributed by atoms with Gasteiger partial charge in [-0.3, -0.25) is 4.40 Å². The van der Waals surface area contributed by atoms with Gasteiger partial charge < -0.3 is 5.32 Å². The zero-order valence-corrected chi connectivity index (χ0v) is 10.4. The van der Waals surface area contributed by atoms with E-state index in [0.29, 0.717) is 0 Å². The Kier molecular flexibility index (Phi) is 3.42. The van der Waals surface area contributed by atoms with E-state index in [1.54, 1.807) is 0 Å². The Morgan fingerprint density at radius 2 is 2.00 bits per heavy atom. The summed E-state index contributed by atoms with van der Waals surface area (Å²) in [4.78, 5) is 7.95. The maximum atomic E-state index is 4.19. The predicted molar refractivity (Wildman–Crippen MR) is 70.4 cm³/mol. The van der Waals surface area contributed by atoms with E-state index in [2.05, 4.69) is 25.5 Å². The zero-order valence-electron chi connectivity index (χ0n) is 10.4. The van der Waals surface area contributed by atoms with Crippen LogP contribution in [0.25, 0.3) is 5.65 Å². The number of nitrogens with zero attached hydrogens (tertiary/aromatic N) is 5. The molecule has 3 aromatic heterocycles. The van der Waals surface area contributed by atoms with Gasteiger partial charge in [0.2, 0.25) is 0 Å². The van der Waals surface area contributed by atoms with Crippen molar-refractivity contribution < 1.29 is 0 Å². The highest BCUT2D eigenvalue weighted by Crippen LogP contribution is 2.03. The van der Waals surface area contributed by atoms with E-state index < -0.39 is 0 Å². The van der Waals surface area contributed by atoms with Gasteiger partial charge in [0.1, 0.15) is 12.2 Å². The lowest BCUT2D eigenvalue weighted by Gasteiger charge is -2.03. The van der Waals surface area contributed by atoms with Gasteiger partial charge in [0.15, 0.2) is 5.65 Å². The molecular weight excluding hydrogens is 240 g/mol. The number of hydrogen-bond acceptors (Lipinski definition) is 5. The van der Waals surface area contributed by atoms with Crippen LogP contribution in [-0.4, -0.2) is 31.1 Å². The average Bonchev–Trinajstić information content (AvgIpc) is 2.88. The van der Waals surface area contributed by atoms with Crippen molar-refractivity contribution in [2.75, 3.05) is 6.54 Å². The molecule has 1 N–H and O–H groups in total. The highest BCUT2D eigenvalue weighted by Gasteiger charge is 2.03. The fourth-order valence-electron chi connectivity index (χ4n) is 1.92. The van der Waals surface area contributed by atoms with E-state index in [0.717, 1.165) is 36.5 Å². The normalized spacial score (nSPS) is 10.9. The molecule has 0 spiro atoms. The molecule has 3 rings (SSSR count). The summed E-state index contributed by atoms with van der Waals surface area (Å²) in [5, 5.41) is 11.7. The highest BCUT2D eigenvalue weighted by atomic mass is 15.2. The lowest BCUT2D eigenvalue weighted by molar-refractivity contribution is 0.663. The molecule has 96 valence electrons. The van der Waals surface area contributed by atoms with Gasteiger partial charge in [0, 0.05) is 43.7 Å². The Morgan fingerprint density at radius 3 is 2.89 bits per heavy atom. The van der Waals surface area contributed by atoms with Crippen LogP contribution in [0.1, 0.15) is 11.4 Å².